The first-order valence-corrected chi connectivity index (χ1v) is 14.3. The van der Waals surface area contributed by atoms with Crippen molar-refractivity contribution in [1.82, 2.24) is 10.2 Å². The molecule has 0 radical (unpaired) electrons. The molecular weight excluding hydrogens is 545 g/mol. The van der Waals surface area contributed by atoms with Crippen molar-refractivity contribution in [2.75, 3.05) is 10.8 Å². The molecule has 0 aliphatic rings. The molecule has 2 amide bonds. The molecule has 202 valence electrons. The summed E-state index contributed by atoms with van der Waals surface area (Å²) in [5.74, 6) is -0.937. The van der Waals surface area contributed by atoms with Crippen molar-refractivity contribution in [3.8, 4) is 0 Å². The number of benzene rings is 3. The predicted octanol–water partition coefficient (Wildman–Crippen LogP) is 5.44. The van der Waals surface area contributed by atoms with E-state index in [0.29, 0.717) is 10.6 Å². The quantitative estimate of drug-likeness (QED) is 0.348. The van der Waals surface area contributed by atoms with E-state index in [1.807, 2.05) is 20.8 Å². The molecule has 0 bridgehead atoms. The smallest absolute Gasteiger partial charge is 0.264 e. The van der Waals surface area contributed by atoms with Crippen LogP contribution in [0, 0.1) is 6.92 Å². The number of anilines is 1. The average molecular weight is 577 g/mol. The highest BCUT2D eigenvalue weighted by atomic mass is 35.5. The van der Waals surface area contributed by atoms with Gasteiger partial charge in [-0.15, -0.1) is 0 Å². The second-order valence-electron chi connectivity index (χ2n) is 9.27. The van der Waals surface area contributed by atoms with E-state index in [1.165, 1.54) is 23.1 Å². The van der Waals surface area contributed by atoms with E-state index >= 15 is 0 Å². The molecule has 0 fully saturated rings. The SMILES string of the molecule is Cc1ccc(S(=O)(=O)N(CC(=O)N(Cc2cccc(Cl)c2)C(C)C(=O)NC(C)C)c2ccccc2Cl)cc1. The van der Waals surface area contributed by atoms with Gasteiger partial charge in [0, 0.05) is 17.6 Å². The van der Waals surface area contributed by atoms with Crippen LogP contribution in [0.2, 0.25) is 10.0 Å². The lowest BCUT2D eigenvalue weighted by atomic mass is 10.1. The first-order chi connectivity index (χ1) is 17.9. The minimum Gasteiger partial charge on any atom is -0.352 e. The molecule has 7 nitrogen and oxygen atoms in total. The zero-order valence-corrected chi connectivity index (χ0v) is 24.0. The molecule has 3 aromatic rings. The van der Waals surface area contributed by atoms with Crippen molar-refractivity contribution < 1.29 is 18.0 Å². The van der Waals surface area contributed by atoms with Gasteiger partial charge in [-0.1, -0.05) is 65.2 Å². The summed E-state index contributed by atoms with van der Waals surface area (Å²) in [7, 11) is -4.19. The third-order valence-electron chi connectivity index (χ3n) is 5.85. The van der Waals surface area contributed by atoms with Gasteiger partial charge in [-0.05, 0) is 69.7 Å². The number of hydrogen-bond acceptors (Lipinski definition) is 4. The molecule has 38 heavy (non-hydrogen) atoms. The van der Waals surface area contributed by atoms with E-state index in [4.69, 9.17) is 23.2 Å². The fourth-order valence-corrected chi connectivity index (χ4v) is 5.76. The Bertz CT molecular complexity index is 1400. The van der Waals surface area contributed by atoms with Crippen molar-refractivity contribution in [3.05, 3.63) is 94.0 Å². The molecule has 3 aromatic carbocycles. The highest BCUT2D eigenvalue weighted by molar-refractivity contribution is 7.92. The Balaban J connectivity index is 2.05. The van der Waals surface area contributed by atoms with Crippen LogP contribution in [0.5, 0.6) is 0 Å². The van der Waals surface area contributed by atoms with Crippen molar-refractivity contribution in [3.63, 3.8) is 0 Å². The van der Waals surface area contributed by atoms with Crippen molar-refractivity contribution in [1.29, 1.82) is 0 Å². The number of aryl methyl sites for hydroxylation is 1. The molecular formula is C28H31Cl2N3O4S. The Morgan fingerprint density at radius 1 is 0.921 bits per heavy atom. The van der Waals surface area contributed by atoms with E-state index in [1.54, 1.807) is 61.5 Å². The van der Waals surface area contributed by atoms with Gasteiger partial charge in [-0.3, -0.25) is 13.9 Å². The monoisotopic (exact) mass is 575 g/mol. The van der Waals surface area contributed by atoms with Crippen LogP contribution in [-0.4, -0.2) is 43.8 Å². The molecule has 1 unspecified atom stereocenters. The summed E-state index contributed by atoms with van der Waals surface area (Å²) in [5.41, 5.74) is 1.74. The molecule has 1 atom stereocenters. The third kappa shape index (κ3) is 7.28. The second-order valence-corrected chi connectivity index (χ2v) is 12.0. The topological polar surface area (TPSA) is 86.8 Å². The summed E-state index contributed by atoms with van der Waals surface area (Å²) in [5, 5.41) is 3.47. The number of para-hydroxylation sites is 1. The van der Waals surface area contributed by atoms with Gasteiger partial charge in [0.2, 0.25) is 11.8 Å². The Morgan fingerprint density at radius 2 is 1.58 bits per heavy atom. The number of sulfonamides is 1. The zero-order chi connectivity index (χ0) is 28.0. The van der Waals surface area contributed by atoms with Gasteiger partial charge in [0.25, 0.3) is 10.0 Å². The number of nitrogens with zero attached hydrogens (tertiary/aromatic N) is 2. The van der Waals surface area contributed by atoms with Gasteiger partial charge >= 0.3 is 0 Å². The molecule has 0 aliphatic carbocycles. The number of carbonyl (C=O) groups excluding carboxylic acids is 2. The maximum Gasteiger partial charge on any atom is 0.264 e. The van der Waals surface area contributed by atoms with E-state index in [9.17, 15) is 18.0 Å². The molecule has 0 aromatic heterocycles. The number of halogens is 2. The molecule has 3 rings (SSSR count). The van der Waals surface area contributed by atoms with Gasteiger partial charge in [-0.25, -0.2) is 8.42 Å². The Kier molecular flexibility index (Phi) is 9.82. The van der Waals surface area contributed by atoms with Crippen molar-refractivity contribution in [2.24, 2.45) is 0 Å². The third-order valence-corrected chi connectivity index (χ3v) is 8.18. The van der Waals surface area contributed by atoms with Crippen LogP contribution in [0.3, 0.4) is 0 Å². The summed E-state index contributed by atoms with van der Waals surface area (Å²) in [4.78, 5) is 28.1. The molecule has 0 spiro atoms. The summed E-state index contributed by atoms with van der Waals surface area (Å²) < 4.78 is 28.6. The Morgan fingerprint density at radius 3 is 2.18 bits per heavy atom. The predicted molar refractivity (Wildman–Crippen MR) is 152 cm³/mol. The van der Waals surface area contributed by atoms with E-state index in [2.05, 4.69) is 5.32 Å². The summed E-state index contributed by atoms with van der Waals surface area (Å²) >= 11 is 12.6. The number of amides is 2. The van der Waals surface area contributed by atoms with Gasteiger partial charge in [0.05, 0.1) is 15.6 Å². The summed E-state index contributed by atoms with van der Waals surface area (Å²) in [6.07, 6.45) is 0. The standard InChI is InChI=1S/C28H31Cl2N3O4S/c1-19(2)31-28(35)21(4)32(17-22-8-7-9-23(29)16-22)27(34)18-33(26-11-6-5-10-25(26)30)38(36,37)24-14-12-20(3)13-15-24/h5-16,19,21H,17-18H2,1-4H3,(H,31,35). The fraction of sp³-hybridized carbons (Fsp3) is 0.286. The van der Waals surface area contributed by atoms with Crippen LogP contribution >= 0.6 is 23.2 Å². The summed E-state index contributed by atoms with van der Waals surface area (Å²) in [6, 6.07) is 18.7. The van der Waals surface area contributed by atoms with Crippen LogP contribution in [0.25, 0.3) is 0 Å². The van der Waals surface area contributed by atoms with Crippen LogP contribution in [0.4, 0.5) is 5.69 Å². The number of hydrogen-bond donors (Lipinski definition) is 1. The lowest BCUT2D eigenvalue weighted by Gasteiger charge is -2.32. The lowest BCUT2D eigenvalue weighted by Crippen LogP contribution is -2.52. The van der Waals surface area contributed by atoms with E-state index in [0.717, 1.165) is 9.87 Å². The van der Waals surface area contributed by atoms with E-state index < -0.39 is 28.5 Å². The van der Waals surface area contributed by atoms with Crippen molar-refractivity contribution in [2.45, 2.75) is 51.2 Å². The molecule has 1 N–H and O–H groups in total. The maximum absolute atomic E-state index is 13.9. The van der Waals surface area contributed by atoms with Gasteiger partial charge in [0.15, 0.2) is 0 Å². The number of nitrogens with one attached hydrogen (secondary N) is 1. The maximum atomic E-state index is 13.9. The first-order valence-electron chi connectivity index (χ1n) is 12.1. The van der Waals surface area contributed by atoms with Crippen LogP contribution < -0.4 is 9.62 Å². The molecule has 10 heteroatoms. The Labute approximate surface area is 234 Å². The van der Waals surface area contributed by atoms with Gasteiger partial charge in [0.1, 0.15) is 12.6 Å². The average Bonchev–Trinajstić information content (AvgIpc) is 2.85. The highest BCUT2D eigenvalue weighted by Gasteiger charge is 2.33. The first kappa shape index (κ1) is 29.5. The lowest BCUT2D eigenvalue weighted by molar-refractivity contribution is -0.139. The normalized spacial score (nSPS) is 12.2. The number of carbonyl (C=O) groups is 2. The summed E-state index contributed by atoms with van der Waals surface area (Å²) in [6.45, 7) is 6.58. The van der Waals surface area contributed by atoms with Crippen LogP contribution in [0.1, 0.15) is 31.9 Å². The molecule has 0 aliphatic heterocycles. The van der Waals surface area contributed by atoms with Gasteiger partial charge in [-0.2, -0.15) is 0 Å². The van der Waals surface area contributed by atoms with Gasteiger partial charge < -0.3 is 10.2 Å². The Hall–Kier alpha value is -3.07. The molecule has 0 saturated heterocycles. The minimum atomic E-state index is -4.19. The highest BCUT2D eigenvalue weighted by Crippen LogP contribution is 2.31. The zero-order valence-electron chi connectivity index (χ0n) is 21.7. The van der Waals surface area contributed by atoms with E-state index in [-0.39, 0.29) is 34.1 Å². The molecule has 0 saturated carbocycles. The van der Waals surface area contributed by atoms with Crippen molar-refractivity contribution >= 4 is 50.7 Å². The largest absolute Gasteiger partial charge is 0.352 e. The fourth-order valence-electron chi connectivity index (χ4n) is 3.82. The molecule has 0 heterocycles. The van der Waals surface area contributed by atoms with Crippen LogP contribution in [0.15, 0.2) is 77.7 Å². The number of rotatable bonds is 10. The minimum absolute atomic E-state index is 0.0165. The second kappa shape index (κ2) is 12.7. The van der Waals surface area contributed by atoms with Crippen LogP contribution in [-0.2, 0) is 26.2 Å².